The van der Waals surface area contributed by atoms with Crippen molar-refractivity contribution in [1.82, 2.24) is 9.88 Å². The Bertz CT molecular complexity index is 635. The number of rotatable bonds is 3. The van der Waals surface area contributed by atoms with Crippen molar-refractivity contribution in [3.05, 3.63) is 59.9 Å². The Balaban J connectivity index is 1.66. The maximum absolute atomic E-state index is 13.1. The van der Waals surface area contributed by atoms with E-state index >= 15 is 0 Å². The predicted octanol–water partition coefficient (Wildman–Crippen LogP) is 3.42. The molecule has 0 bridgehead atoms. The van der Waals surface area contributed by atoms with Gasteiger partial charge in [-0.15, -0.1) is 0 Å². The minimum Gasteiger partial charge on any atom is -0.368 e. The van der Waals surface area contributed by atoms with E-state index < -0.39 is 11.7 Å². The van der Waals surface area contributed by atoms with Crippen LogP contribution in [-0.4, -0.2) is 36.1 Å². The number of piperazine rings is 1. The van der Waals surface area contributed by atoms with Crippen molar-refractivity contribution < 1.29 is 13.2 Å². The highest BCUT2D eigenvalue weighted by Gasteiger charge is 2.35. The average Bonchev–Trinajstić information content (AvgIpc) is 2.56. The zero-order chi connectivity index (χ0) is 16.3. The summed E-state index contributed by atoms with van der Waals surface area (Å²) >= 11 is 0. The van der Waals surface area contributed by atoms with Crippen LogP contribution in [0.3, 0.4) is 0 Å². The summed E-state index contributed by atoms with van der Waals surface area (Å²) in [5.74, 6) is 0. The molecule has 122 valence electrons. The van der Waals surface area contributed by atoms with Gasteiger partial charge in [-0.25, -0.2) is 0 Å². The molecule has 0 radical (unpaired) electrons. The van der Waals surface area contributed by atoms with Gasteiger partial charge < -0.3 is 4.90 Å². The SMILES string of the molecule is FC(F)(F)c1ccccc1N1CCN(Cc2cccnc2)CC1. The van der Waals surface area contributed by atoms with Gasteiger partial charge in [-0.3, -0.25) is 9.88 Å². The van der Waals surface area contributed by atoms with Gasteiger partial charge >= 0.3 is 6.18 Å². The topological polar surface area (TPSA) is 19.4 Å². The number of benzene rings is 1. The maximum atomic E-state index is 13.1. The Morgan fingerprint density at radius 3 is 2.35 bits per heavy atom. The number of anilines is 1. The van der Waals surface area contributed by atoms with Crippen molar-refractivity contribution in [2.24, 2.45) is 0 Å². The summed E-state index contributed by atoms with van der Waals surface area (Å²) in [5, 5.41) is 0. The first-order chi connectivity index (χ1) is 11.0. The van der Waals surface area contributed by atoms with Gasteiger partial charge in [0.25, 0.3) is 0 Å². The Kier molecular flexibility index (Phi) is 4.52. The van der Waals surface area contributed by atoms with Gasteiger partial charge in [0.1, 0.15) is 0 Å². The van der Waals surface area contributed by atoms with Crippen LogP contribution in [0, 0.1) is 0 Å². The van der Waals surface area contributed by atoms with Crippen LogP contribution in [0.25, 0.3) is 0 Å². The van der Waals surface area contributed by atoms with Crippen molar-refractivity contribution in [3.63, 3.8) is 0 Å². The average molecular weight is 321 g/mol. The van der Waals surface area contributed by atoms with E-state index in [1.165, 1.54) is 6.07 Å². The zero-order valence-electron chi connectivity index (χ0n) is 12.6. The van der Waals surface area contributed by atoms with E-state index in [4.69, 9.17) is 0 Å². The van der Waals surface area contributed by atoms with Crippen molar-refractivity contribution in [1.29, 1.82) is 0 Å². The predicted molar refractivity (Wildman–Crippen MR) is 83.2 cm³/mol. The number of halogens is 3. The lowest BCUT2D eigenvalue weighted by atomic mass is 10.1. The Morgan fingerprint density at radius 1 is 0.957 bits per heavy atom. The van der Waals surface area contributed by atoms with Crippen molar-refractivity contribution >= 4 is 5.69 Å². The minimum atomic E-state index is -4.32. The Morgan fingerprint density at radius 2 is 1.70 bits per heavy atom. The molecular formula is C17H18F3N3. The van der Waals surface area contributed by atoms with Crippen LogP contribution in [0.15, 0.2) is 48.8 Å². The normalized spacial score (nSPS) is 16.6. The van der Waals surface area contributed by atoms with Gasteiger partial charge in [0.05, 0.1) is 5.56 Å². The van der Waals surface area contributed by atoms with E-state index in [1.54, 1.807) is 18.3 Å². The van der Waals surface area contributed by atoms with Gasteiger partial charge in [0, 0.05) is 50.8 Å². The molecule has 1 aromatic carbocycles. The summed E-state index contributed by atoms with van der Waals surface area (Å²) in [6.45, 7) is 3.44. The molecule has 3 rings (SSSR count). The highest BCUT2D eigenvalue weighted by atomic mass is 19.4. The standard InChI is InChI=1S/C17H18F3N3/c18-17(19,20)15-5-1-2-6-16(15)23-10-8-22(9-11-23)13-14-4-3-7-21-12-14/h1-7,12H,8-11,13H2. The molecule has 1 aliphatic rings. The number of hydrogen-bond donors (Lipinski definition) is 0. The molecule has 1 fully saturated rings. The van der Waals surface area contributed by atoms with E-state index in [0.717, 1.165) is 31.3 Å². The first-order valence-electron chi connectivity index (χ1n) is 7.56. The molecule has 3 nitrogen and oxygen atoms in total. The van der Waals surface area contributed by atoms with E-state index in [-0.39, 0.29) is 5.69 Å². The summed E-state index contributed by atoms with van der Waals surface area (Å²) in [7, 11) is 0. The van der Waals surface area contributed by atoms with Crippen LogP contribution in [-0.2, 0) is 12.7 Å². The largest absolute Gasteiger partial charge is 0.418 e. The molecule has 0 aliphatic carbocycles. The molecule has 0 atom stereocenters. The molecule has 0 unspecified atom stereocenters. The van der Waals surface area contributed by atoms with Crippen molar-refractivity contribution in [3.8, 4) is 0 Å². The molecule has 0 N–H and O–H groups in total. The lowest BCUT2D eigenvalue weighted by molar-refractivity contribution is -0.137. The highest BCUT2D eigenvalue weighted by Crippen LogP contribution is 2.36. The molecule has 2 aromatic rings. The second-order valence-electron chi connectivity index (χ2n) is 5.64. The lowest BCUT2D eigenvalue weighted by Crippen LogP contribution is -2.46. The fourth-order valence-corrected chi connectivity index (χ4v) is 2.89. The minimum absolute atomic E-state index is 0.279. The van der Waals surface area contributed by atoms with Crippen LogP contribution in [0.4, 0.5) is 18.9 Å². The van der Waals surface area contributed by atoms with Gasteiger partial charge in [0.2, 0.25) is 0 Å². The fraction of sp³-hybridized carbons (Fsp3) is 0.353. The second-order valence-corrected chi connectivity index (χ2v) is 5.64. The van der Waals surface area contributed by atoms with Crippen molar-refractivity contribution in [2.45, 2.75) is 12.7 Å². The summed E-state index contributed by atoms with van der Waals surface area (Å²) < 4.78 is 39.4. The molecule has 0 amide bonds. The number of hydrogen-bond acceptors (Lipinski definition) is 3. The third-order valence-electron chi connectivity index (χ3n) is 4.05. The van der Waals surface area contributed by atoms with Gasteiger partial charge in [-0.1, -0.05) is 18.2 Å². The second kappa shape index (κ2) is 6.58. The quantitative estimate of drug-likeness (QED) is 0.863. The molecule has 0 spiro atoms. The third-order valence-corrected chi connectivity index (χ3v) is 4.05. The highest BCUT2D eigenvalue weighted by molar-refractivity contribution is 5.55. The zero-order valence-corrected chi connectivity index (χ0v) is 12.6. The third kappa shape index (κ3) is 3.82. The molecule has 1 saturated heterocycles. The van der Waals surface area contributed by atoms with Crippen LogP contribution < -0.4 is 4.90 Å². The summed E-state index contributed by atoms with van der Waals surface area (Å²) in [4.78, 5) is 8.15. The van der Waals surface area contributed by atoms with E-state index in [0.29, 0.717) is 13.1 Å². The number of nitrogens with zero attached hydrogens (tertiary/aromatic N) is 3. The summed E-state index contributed by atoms with van der Waals surface area (Å²) in [5.41, 5.74) is 0.846. The lowest BCUT2D eigenvalue weighted by Gasteiger charge is -2.37. The number of pyridine rings is 1. The van der Waals surface area contributed by atoms with Crippen LogP contribution in [0.1, 0.15) is 11.1 Å². The molecule has 1 aromatic heterocycles. The number of alkyl halides is 3. The van der Waals surface area contributed by atoms with Gasteiger partial charge in [-0.05, 0) is 23.8 Å². The van der Waals surface area contributed by atoms with Gasteiger partial charge in [-0.2, -0.15) is 13.2 Å². The fourth-order valence-electron chi connectivity index (χ4n) is 2.89. The van der Waals surface area contributed by atoms with Crippen LogP contribution >= 0.6 is 0 Å². The maximum Gasteiger partial charge on any atom is 0.418 e. The molecule has 23 heavy (non-hydrogen) atoms. The monoisotopic (exact) mass is 321 g/mol. The smallest absolute Gasteiger partial charge is 0.368 e. The Hall–Kier alpha value is -2.08. The Labute approximate surface area is 133 Å². The molecule has 6 heteroatoms. The van der Waals surface area contributed by atoms with Gasteiger partial charge in [0.15, 0.2) is 0 Å². The van der Waals surface area contributed by atoms with E-state index in [1.807, 2.05) is 23.2 Å². The van der Waals surface area contributed by atoms with Crippen LogP contribution in [0.2, 0.25) is 0 Å². The summed E-state index contributed by atoms with van der Waals surface area (Å²) in [6, 6.07) is 9.71. The molecular weight excluding hydrogens is 303 g/mol. The first kappa shape index (κ1) is 15.8. The van der Waals surface area contributed by atoms with E-state index in [2.05, 4.69) is 9.88 Å². The molecule has 2 heterocycles. The van der Waals surface area contributed by atoms with E-state index in [9.17, 15) is 13.2 Å². The first-order valence-corrected chi connectivity index (χ1v) is 7.56. The molecule has 0 saturated carbocycles. The van der Waals surface area contributed by atoms with Crippen LogP contribution in [0.5, 0.6) is 0 Å². The number of aromatic nitrogens is 1. The number of para-hydroxylation sites is 1. The molecule has 1 aliphatic heterocycles. The summed E-state index contributed by atoms with van der Waals surface area (Å²) in [6.07, 6.45) is -0.760. The van der Waals surface area contributed by atoms with Crippen molar-refractivity contribution in [2.75, 3.05) is 31.1 Å².